The molecule has 0 spiro atoms. The molecule has 0 bridgehead atoms. The molecule has 1 aliphatic rings. The van der Waals surface area contributed by atoms with Crippen molar-refractivity contribution in [2.45, 2.75) is 25.9 Å². The Morgan fingerprint density at radius 3 is 2.84 bits per heavy atom. The summed E-state index contributed by atoms with van der Waals surface area (Å²) in [5.41, 5.74) is 2.88. The molecule has 0 fully saturated rings. The number of nitrogens with one attached hydrogen (secondary N) is 2. The molecule has 0 aromatic heterocycles. The predicted molar refractivity (Wildman–Crippen MR) is 77.0 cm³/mol. The van der Waals surface area contributed by atoms with Gasteiger partial charge in [0.1, 0.15) is 0 Å². The minimum absolute atomic E-state index is 0.0618. The van der Waals surface area contributed by atoms with Crippen molar-refractivity contribution in [3.63, 3.8) is 0 Å². The van der Waals surface area contributed by atoms with Crippen molar-refractivity contribution in [3.05, 3.63) is 35.4 Å². The molecule has 4 nitrogen and oxygen atoms in total. The fourth-order valence-corrected chi connectivity index (χ4v) is 2.51. The molecule has 19 heavy (non-hydrogen) atoms. The van der Waals surface area contributed by atoms with Crippen LogP contribution in [0.4, 0.5) is 0 Å². The lowest BCUT2D eigenvalue weighted by Crippen LogP contribution is -2.45. The number of carbonyl (C=O) groups is 1. The Balaban J connectivity index is 1.85. The summed E-state index contributed by atoms with van der Waals surface area (Å²) in [5.74, 6) is 0.0618. The van der Waals surface area contributed by atoms with Crippen molar-refractivity contribution < 1.29 is 4.79 Å². The van der Waals surface area contributed by atoms with Crippen molar-refractivity contribution in [2.75, 3.05) is 26.7 Å². The van der Waals surface area contributed by atoms with Crippen molar-refractivity contribution in [2.24, 2.45) is 0 Å². The first kappa shape index (κ1) is 14.0. The fourth-order valence-electron chi connectivity index (χ4n) is 2.51. The van der Waals surface area contributed by atoms with E-state index < -0.39 is 0 Å². The highest BCUT2D eigenvalue weighted by atomic mass is 16.1. The van der Waals surface area contributed by atoms with Gasteiger partial charge in [0.05, 0.1) is 6.54 Å². The van der Waals surface area contributed by atoms with Crippen LogP contribution in [0.25, 0.3) is 0 Å². The smallest absolute Gasteiger partial charge is 0.234 e. The van der Waals surface area contributed by atoms with Gasteiger partial charge in [-0.1, -0.05) is 24.3 Å². The van der Waals surface area contributed by atoms with Gasteiger partial charge in [-0.3, -0.25) is 9.69 Å². The quantitative estimate of drug-likeness (QED) is 0.823. The molecule has 0 saturated heterocycles. The average molecular weight is 261 g/mol. The Hall–Kier alpha value is -1.39. The fraction of sp³-hybridized carbons (Fsp3) is 0.533. The summed E-state index contributed by atoms with van der Waals surface area (Å²) in [4.78, 5) is 13.9. The van der Waals surface area contributed by atoms with Crippen molar-refractivity contribution in [1.29, 1.82) is 0 Å². The first-order valence-corrected chi connectivity index (χ1v) is 6.93. The van der Waals surface area contributed by atoms with Gasteiger partial charge in [0.2, 0.25) is 5.91 Å². The number of amides is 1. The lowest BCUT2D eigenvalue weighted by molar-refractivity contribution is -0.120. The summed E-state index contributed by atoms with van der Waals surface area (Å²) in [7, 11) is 1.78. The standard InChI is InChI=1S/C15H23N3O/c1-12(9-17-15(19)10-16-2)18-8-7-13-5-3-4-6-14(13)11-18/h3-6,12,16H,7-11H2,1-2H3,(H,17,19). The van der Waals surface area contributed by atoms with E-state index in [0.29, 0.717) is 19.1 Å². The first-order chi connectivity index (χ1) is 9.20. The lowest BCUT2D eigenvalue weighted by Gasteiger charge is -2.33. The van der Waals surface area contributed by atoms with E-state index in [4.69, 9.17) is 0 Å². The van der Waals surface area contributed by atoms with Gasteiger partial charge in [-0.15, -0.1) is 0 Å². The van der Waals surface area contributed by atoms with E-state index in [0.717, 1.165) is 19.5 Å². The third-order valence-electron chi connectivity index (χ3n) is 3.72. The average Bonchev–Trinajstić information content (AvgIpc) is 2.44. The summed E-state index contributed by atoms with van der Waals surface area (Å²) in [6, 6.07) is 8.99. The molecule has 2 rings (SSSR count). The number of hydrogen-bond acceptors (Lipinski definition) is 3. The molecule has 1 aromatic rings. The van der Waals surface area contributed by atoms with Gasteiger partial charge in [0.15, 0.2) is 0 Å². The van der Waals surface area contributed by atoms with Gasteiger partial charge in [-0.2, -0.15) is 0 Å². The molecule has 0 aliphatic carbocycles. The molecule has 1 amide bonds. The summed E-state index contributed by atoms with van der Waals surface area (Å²) in [5, 5.41) is 5.82. The number of benzene rings is 1. The van der Waals surface area contributed by atoms with Gasteiger partial charge in [0, 0.05) is 25.7 Å². The molecular weight excluding hydrogens is 238 g/mol. The van der Waals surface area contributed by atoms with E-state index in [1.54, 1.807) is 7.05 Å². The van der Waals surface area contributed by atoms with Gasteiger partial charge in [0.25, 0.3) is 0 Å². The van der Waals surface area contributed by atoms with Crippen LogP contribution in [0.1, 0.15) is 18.1 Å². The monoisotopic (exact) mass is 261 g/mol. The number of fused-ring (bicyclic) bond motifs is 1. The van der Waals surface area contributed by atoms with Crippen LogP contribution >= 0.6 is 0 Å². The van der Waals surface area contributed by atoms with Crippen molar-refractivity contribution in [3.8, 4) is 0 Å². The zero-order chi connectivity index (χ0) is 13.7. The minimum Gasteiger partial charge on any atom is -0.353 e. The lowest BCUT2D eigenvalue weighted by atomic mass is 9.99. The minimum atomic E-state index is 0.0618. The highest BCUT2D eigenvalue weighted by Crippen LogP contribution is 2.19. The van der Waals surface area contributed by atoms with Crippen LogP contribution in [-0.4, -0.2) is 43.5 Å². The number of likely N-dealkylation sites (N-methyl/N-ethyl adjacent to an activating group) is 1. The second kappa shape index (κ2) is 6.68. The first-order valence-electron chi connectivity index (χ1n) is 6.93. The molecule has 0 saturated carbocycles. The number of carbonyl (C=O) groups excluding carboxylic acids is 1. The molecule has 1 unspecified atom stereocenters. The molecule has 1 heterocycles. The van der Waals surface area contributed by atoms with Crippen LogP contribution in [-0.2, 0) is 17.8 Å². The second-order valence-corrected chi connectivity index (χ2v) is 5.17. The van der Waals surface area contributed by atoms with Gasteiger partial charge in [-0.25, -0.2) is 0 Å². The van der Waals surface area contributed by atoms with E-state index in [9.17, 15) is 4.79 Å². The van der Waals surface area contributed by atoms with Crippen LogP contribution in [0.15, 0.2) is 24.3 Å². The highest BCUT2D eigenvalue weighted by Gasteiger charge is 2.20. The Morgan fingerprint density at radius 2 is 2.11 bits per heavy atom. The van der Waals surface area contributed by atoms with Crippen LogP contribution in [0.2, 0.25) is 0 Å². The maximum absolute atomic E-state index is 11.4. The Bertz CT molecular complexity index is 433. The Labute approximate surface area is 115 Å². The molecule has 1 aromatic carbocycles. The van der Waals surface area contributed by atoms with Crippen molar-refractivity contribution >= 4 is 5.91 Å². The van der Waals surface area contributed by atoms with Gasteiger partial charge in [-0.05, 0) is 31.5 Å². The van der Waals surface area contributed by atoms with Crippen molar-refractivity contribution in [1.82, 2.24) is 15.5 Å². The van der Waals surface area contributed by atoms with Crippen LogP contribution < -0.4 is 10.6 Å². The predicted octanol–water partition coefficient (Wildman–Crippen LogP) is 0.769. The Morgan fingerprint density at radius 1 is 1.37 bits per heavy atom. The molecule has 2 N–H and O–H groups in total. The maximum atomic E-state index is 11.4. The largest absolute Gasteiger partial charge is 0.353 e. The summed E-state index contributed by atoms with van der Waals surface area (Å²) < 4.78 is 0. The number of hydrogen-bond donors (Lipinski definition) is 2. The zero-order valence-electron chi connectivity index (χ0n) is 11.8. The van der Waals surface area contributed by atoms with Gasteiger partial charge >= 0.3 is 0 Å². The summed E-state index contributed by atoms with van der Waals surface area (Å²) >= 11 is 0. The third kappa shape index (κ3) is 3.78. The Kier molecular flexibility index (Phi) is 4.93. The van der Waals surface area contributed by atoms with E-state index in [1.807, 2.05) is 0 Å². The zero-order valence-corrected chi connectivity index (χ0v) is 11.8. The molecule has 0 radical (unpaired) electrons. The van der Waals surface area contributed by atoms with E-state index in [2.05, 4.69) is 46.7 Å². The molecule has 1 atom stereocenters. The number of rotatable bonds is 5. The normalized spacial score (nSPS) is 16.7. The maximum Gasteiger partial charge on any atom is 0.234 e. The molecule has 1 aliphatic heterocycles. The highest BCUT2D eigenvalue weighted by molar-refractivity contribution is 5.77. The van der Waals surface area contributed by atoms with Crippen LogP contribution in [0, 0.1) is 0 Å². The second-order valence-electron chi connectivity index (χ2n) is 5.17. The number of nitrogens with zero attached hydrogens (tertiary/aromatic N) is 1. The summed E-state index contributed by atoms with van der Waals surface area (Å²) in [6.07, 6.45) is 1.10. The van der Waals surface area contributed by atoms with Gasteiger partial charge < -0.3 is 10.6 Å². The SMILES string of the molecule is CNCC(=O)NCC(C)N1CCc2ccccc2C1. The van der Waals surface area contributed by atoms with Crippen LogP contribution in [0.3, 0.4) is 0 Å². The molecule has 104 valence electrons. The molecular formula is C15H23N3O. The van der Waals surface area contributed by atoms with E-state index in [-0.39, 0.29) is 5.91 Å². The van der Waals surface area contributed by atoms with Crippen LogP contribution in [0.5, 0.6) is 0 Å². The third-order valence-corrected chi connectivity index (χ3v) is 3.72. The molecule has 4 heteroatoms. The van der Waals surface area contributed by atoms with E-state index in [1.165, 1.54) is 11.1 Å². The van der Waals surface area contributed by atoms with E-state index >= 15 is 0 Å². The topological polar surface area (TPSA) is 44.4 Å². The summed E-state index contributed by atoms with van der Waals surface area (Å²) in [6.45, 7) is 5.32.